The molecule has 1 rings (SSSR count). The molecule has 0 aliphatic rings. The Morgan fingerprint density at radius 3 is 2.54 bits per heavy atom. The summed E-state index contributed by atoms with van der Waals surface area (Å²) in [5, 5.41) is 1.14. The minimum absolute atomic E-state index is 1.14. The van der Waals surface area contributed by atoms with E-state index in [9.17, 15) is 0 Å². The van der Waals surface area contributed by atoms with Crippen molar-refractivity contribution in [2.75, 3.05) is 12.8 Å². The zero-order chi connectivity index (χ0) is 9.52. The Balaban J connectivity index is 2.69. The van der Waals surface area contributed by atoms with Crippen molar-refractivity contribution >= 4 is 16.8 Å². The van der Waals surface area contributed by atoms with Gasteiger partial charge in [0.05, 0.1) is 5.04 Å². The van der Waals surface area contributed by atoms with Gasteiger partial charge in [-0.05, 0) is 12.2 Å². The minimum atomic E-state index is 1.14. The van der Waals surface area contributed by atoms with Crippen LogP contribution in [0.25, 0.3) is 0 Å². The molecule has 0 aromatic heterocycles. The highest BCUT2D eigenvalue weighted by molar-refractivity contribution is 8.14. The summed E-state index contributed by atoms with van der Waals surface area (Å²) in [6.45, 7) is 2.19. The Labute approximate surface area is 84.3 Å². The van der Waals surface area contributed by atoms with Crippen molar-refractivity contribution in [1.29, 1.82) is 0 Å². The molecular formula is C11H15NS. The molecule has 2 heteroatoms. The highest BCUT2D eigenvalue weighted by atomic mass is 32.2. The second-order valence-electron chi connectivity index (χ2n) is 2.74. The van der Waals surface area contributed by atoms with Gasteiger partial charge in [-0.15, -0.1) is 11.8 Å². The molecular weight excluding hydrogens is 178 g/mol. The van der Waals surface area contributed by atoms with Crippen LogP contribution in [0.3, 0.4) is 0 Å². The Morgan fingerprint density at radius 1 is 1.31 bits per heavy atom. The molecule has 1 aromatic rings. The van der Waals surface area contributed by atoms with Crippen LogP contribution in [0.15, 0.2) is 35.3 Å². The molecule has 1 nitrogen and oxygen atoms in total. The molecule has 0 aliphatic heterocycles. The lowest BCUT2D eigenvalue weighted by molar-refractivity contribution is 1.11. The molecule has 70 valence electrons. The standard InChI is InChI=1S/C11H15NS/c1-3-9-13-11(12-2)10-7-5-4-6-8-10/h4-8H,3,9H2,1-2H3. The molecule has 0 N–H and O–H groups in total. The summed E-state index contributed by atoms with van der Waals surface area (Å²) < 4.78 is 0. The van der Waals surface area contributed by atoms with Gasteiger partial charge in [-0.3, -0.25) is 4.99 Å². The zero-order valence-corrected chi connectivity index (χ0v) is 8.97. The number of thioether (sulfide) groups is 1. The number of aliphatic imine (C=N–C) groups is 1. The molecule has 0 bridgehead atoms. The average Bonchev–Trinajstić information content (AvgIpc) is 2.21. The Kier molecular flexibility index (Phi) is 4.61. The molecule has 0 fully saturated rings. The molecule has 0 spiro atoms. The summed E-state index contributed by atoms with van der Waals surface area (Å²) in [7, 11) is 1.85. The fourth-order valence-corrected chi connectivity index (χ4v) is 1.89. The van der Waals surface area contributed by atoms with Gasteiger partial charge in [0.2, 0.25) is 0 Å². The van der Waals surface area contributed by atoms with E-state index < -0.39 is 0 Å². The number of benzene rings is 1. The van der Waals surface area contributed by atoms with E-state index in [1.54, 1.807) is 0 Å². The van der Waals surface area contributed by atoms with Crippen LogP contribution >= 0.6 is 11.8 Å². The second-order valence-corrected chi connectivity index (χ2v) is 3.83. The van der Waals surface area contributed by atoms with Gasteiger partial charge in [-0.1, -0.05) is 37.3 Å². The van der Waals surface area contributed by atoms with Gasteiger partial charge in [-0.2, -0.15) is 0 Å². The van der Waals surface area contributed by atoms with Crippen LogP contribution in [-0.2, 0) is 0 Å². The molecule has 0 radical (unpaired) electrons. The monoisotopic (exact) mass is 193 g/mol. The SMILES string of the molecule is CCCSC(=NC)c1ccccc1. The first-order valence-electron chi connectivity index (χ1n) is 4.53. The summed E-state index contributed by atoms with van der Waals surface area (Å²) in [6, 6.07) is 10.3. The number of hydrogen-bond donors (Lipinski definition) is 0. The lowest BCUT2D eigenvalue weighted by atomic mass is 10.2. The van der Waals surface area contributed by atoms with E-state index in [1.165, 1.54) is 12.0 Å². The molecule has 1 aromatic carbocycles. The Morgan fingerprint density at radius 2 is 2.00 bits per heavy atom. The predicted octanol–water partition coefficient (Wildman–Crippen LogP) is 3.21. The Bertz CT molecular complexity index is 267. The summed E-state index contributed by atoms with van der Waals surface area (Å²) >= 11 is 1.82. The molecule has 0 amide bonds. The van der Waals surface area contributed by atoms with Gasteiger partial charge in [0.25, 0.3) is 0 Å². The van der Waals surface area contributed by atoms with Crippen molar-refractivity contribution in [3.8, 4) is 0 Å². The van der Waals surface area contributed by atoms with Crippen molar-refractivity contribution in [1.82, 2.24) is 0 Å². The molecule has 0 atom stereocenters. The van der Waals surface area contributed by atoms with Crippen LogP contribution < -0.4 is 0 Å². The average molecular weight is 193 g/mol. The van der Waals surface area contributed by atoms with Crippen molar-refractivity contribution in [2.45, 2.75) is 13.3 Å². The molecule has 0 heterocycles. The third kappa shape index (κ3) is 3.23. The predicted molar refractivity (Wildman–Crippen MR) is 61.7 cm³/mol. The summed E-state index contributed by atoms with van der Waals surface area (Å²) in [5.74, 6) is 1.14. The van der Waals surface area contributed by atoms with Crippen molar-refractivity contribution < 1.29 is 0 Å². The van der Waals surface area contributed by atoms with Gasteiger partial charge in [0.1, 0.15) is 0 Å². The van der Waals surface area contributed by atoms with Crippen LogP contribution in [0, 0.1) is 0 Å². The zero-order valence-electron chi connectivity index (χ0n) is 8.16. The number of hydrogen-bond acceptors (Lipinski definition) is 2. The fraction of sp³-hybridized carbons (Fsp3) is 0.364. The maximum absolute atomic E-state index is 4.28. The highest BCUT2D eigenvalue weighted by Crippen LogP contribution is 2.13. The first-order valence-corrected chi connectivity index (χ1v) is 5.52. The lowest BCUT2D eigenvalue weighted by Crippen LogP contribution is -1.95. The van der Waals surface area contributed by atoms with E-state index in [4.69, 9.17) is 0 Å². The van der Waals surface area contributed by atoms with E-state index in [-0.39, 0.29) is 0 Å². The van der Waals surface area contributed by atoms with Crippen LogP contribution in [0.2, 0.25) is 0 Å². The van der Waals surface area contributed by atoms with Crippen LogP contribution in [0.5, 0.6) is 0 Å². The van der Waals surface area contributed by atoms with Crippen molar-refractivity contribution in [2.24, 2.45) is 4.99 Å². The van der Waals surface area contributed by atoms with E-state index in [2.05, 4.69) is 24.0 Å². The normalized spacial score (nSPS) is 11.7. The molecule has 0 saturated carbocycles. The third-order valence-corrected chi connectivity index (χ3v) is 2.97. The second kappa shape index (κ2) is 5.81. The highest BCUT2D eigenvalue weighted by Gasteiger charge is 2.00. The molecule has 0 aliphatic carbocycles. The van der Waals surface area contributed by atoms with Gasteiger partial charge < -0.3 is 0 Å². The first kappa shape index (κ1) is 10.3. The van der Waals surface area contributed by atoms with Gasteiger partial charge in [0.15, 0.2) is 0 Å². The lowest BCUT2D eigenvalue weighted by Gasteiger charge is -2.03. The van der Waals surface area contributed by atoms with E-state index in [1.807, 2.05) is 37.0 Å². The van der Waals surface area contributed by atoms with Crippen LogP contribution in [0.1, 0.15) is 18.9 Å². The van der Waals surface area contributed by atoms with E-state index in [0.717, 1.165) is 10.8 Å². The quantitative estimate of drug-likeness (QED) is 0.530. The van der Waals surface area contributed by atoms with Crippen molar-refractivity contribution in [3.05, 3.63) is 35.9 Å². The maximum atomic E-state index is 4.28. The summed E-state index contributed by atoms with van der Waals surface area (Å²) in [6.07, 6.45) is 1.19. The maximum Gasteiger partial charge on any atom is 0.0973 e. The van der Waals surface area contributed by atoms with E-state index in [0.29, 0.717) is 0 Å². The Hall–Kier alpha value is -0.760. The first-order chi connectivity index (χ1) is 6.38. The van der Waals surface area contributed by atoms with Gasteiger partial charge in [0, 0.05) is 12.6 Å². The molecule has 13 heavy (non-hydrogen) atoms. The van der Waals surface area contributed by atoms with Gasteiger partial charge >= 0.3 is 0 Å². The van der Waals surface area contributed by atoms with Gasteiger partial charge in [-0.25, -0.2) is 0 Å². The number of nitrogens with zero attached hydrogens (tertiary/aromatic N) is 1. The van der Waals surface area contributed by atoms with Crippen molar-refractivity contribution in [3.63, 3.8) is 0 Å². The number of rotatable bonds is 3. The smallest absolute Gasteiger partial charge is 0.0973 e. The molecule has 0 unspecified atom stereocenters. The largest absolute Gasteiger partial charge is 0.281 e. The topological polar surface area (TPSA) is 12.4 Å². The van der Waals surface area contributed by atoms with Crippen LogP contribution in [-0.4, -0.2) is 17.8 Å². The van der Waals surface area contributed by atoms with Crippen LogP contribution in [0.4, 0.5) is 0 Å². The third-order valence-electron chi connectivity index (χ3n) is 1.67. The fourth-order valence-electron chi connectivity index (χ4n) is 1.06. The minimum Gasteiger partial charge on any atom is -0.281 e. The summed E-state index contributed by atoms with van der Waals surface area (Å²) in [4.78, 5) is 4.28. The van der Waals surface area contributed by atoms with E-state index >= 15 is 0 Å². The molecule has 0 saturated heterocycles. The summed E-state index contributed by atoms with van der Waals surface area (Å²) in [5.41, 5.74) is 1.23.